The second kappa shape index (κ2) is 10.0. The molecule has 1 heteroatoms. The lowest BCUT2D eigenvalue weighted by Crippen LogP contribution is -2.14. The summed E-state index contributed by atoms with van der Waals surface area (Å²) in [5.74, 6) is 0. The number of allylic oxidation sites excluding steroid dienone is 1. The second-order valence-electron chi connectivity index (χ2n) is 14.3. The van der Waals surface area contributed by atoms with Crippen molar-refractivity contribution in [1.29, 1.82) is 0 Å². The summed E-state index contributed by atoms with van der Waals surface area (Å²) < 4.78 is 2.45. The maximum atomic E-state index is 4.41. The van der Waals surface area contributed by atoms with E-state index in [2.05, 4.69) is 178 Å². The first-order valence-corrected chi connectivity index (χ1v) is 17.2. The van der Waals surface area contributed by atoms with Crippen LogP contribution in [0.4, 0.5) is 0 Å². The van der Waals surface area contributed by atoms with Gasteiger partial charge in [-0.2, -0.15) is 0 Å². The average molecular weight is 626 g/mol. The Hall–Kier alpha value is -5.92. The van der Waals surface area contributed by atoms with Crippen molar-refractivity contribution in [2.75, 3.05) is 0 Å². The lowest BCUT2D eigenvalue weighted by molar-refractivity contribution is 0.660. The first-order chi connectivity index (χ1) is 23.9. The first kappa shape index (κ1) is 28.1. The van der Waals surface area contributed by atoms with Crippen LogP contribution in [0.5, 0.6) is 0 Å². The summed E-state index contributed by atoms with van der Waals surface area (Å²) in [4.78, 5) is 0. The molecule has 10 rings (SSSR count). The van der Waals surface area contributed by atoms with Crippen molar-refractivity contribution in [3.63, 3.8) is 0 Å². The van der Waals surface area contributed by atoms with Crippen LogP contribution in [-0.2, 0) is 5.41 Å². The van der Waals surface area contributed by atoms with E-state index in [0.29, 0.717) is 0 Å². The van der Waals surface area contributed by atoms with E-state index in [-0.39, 0.29) is 5.41 Å². The van der Waals surface area contributed by atoms with Gasteiger partial charge in [-0.1, -0.05) is 135 Å². The Morgan fingerprint density at radius 2 is 1.10 bits per heavy atom. The normalized spacial score (nSPS) is 13.4. The fourth-order valence-electron chi connectivity index (χ4n) is 8.80. The van der Waals surface area contributed by atoms with Crippen LogP contribution in [0.1, 0.15) is 37.5 Å². The predicted octanol–water partition coefficient (Wildman–Crippen LogP) is 13.2. The fraction of sp³-hybridized carbons (Fsp3) is 0.0833. The smallest absolute Gasteiger partial charge is 0.0547 e. The largest absolute Gasteiger partial charge is 0.309 e. The number of fused-ring (bicyclic) bond motifs is 12. The third kappa shape index (κ3) is 3.87. The van der Waals surface area contributed by atoms with Crippen molar-refractivity contribution in [3.8, 4) is 27.9 Å². The van der Waals surface area contributed by atoms with Gasteiger partial charge in [0.25, 0.3) is 0 Å². The van der Waals surface area contributed by atoms with Gasteiger partial charge in [0, 0.05) is 21.9 Å². The number of nitrogens with zero attached hydrogens (tertiary/aromatic N) is 1. The number of hydrogen-bond donors (Lipinski definition) is 0. The molecule has 232 valence electrons. The van der Waals surface area contributed by atoms with E-state index in [1.807, 2.05) is 0 Å². The highest BCUT2D eigenvalue weighted by atomic mass is 15.0. The number of benzene rings is 8. The van der Waals surface area contributed by atoms with Crippen LogP contribution < -0.4 is 0 Å². The van der Waals surface area contributed by atoms with Gasteiger partial charge in [0.2, 0.25) is 0 Å². The molecule has 0 saturated heterocycles. The van der Waals surface area contributed by atoms with Crippen LogP contribution in [0, 0.1) is 0 Å². The third-order valence-electron chi connectivity index (χ3n) is 11.2. The maximum Gasteiger partial charge on any atom is 0.0547 e. The minimum atomic E-state index is -0.0409. The topological polar surface area (TPSA) is 4.93 Å². The van der Waals surface area contributed by atoms with Gasteiger partial charge in [-0.3, -0.25) is 0 Å². The molecule has 0 fully saturated rings. The molecule has 1 aliphatic rings. The molecule has 0 N–H and O–H groups in total. The van der Waals surface area contributed by atoms with Crippen LogP contribution >= 0.6 is 0 Å². The van der Waals surface area contributed by atoms with E-state index in [0.717, 1.165) is 11.3 Å². The standard InChI is InChI=1S/C48H35N/c1-29(2)33-17-11-19-46-47(33)42-26-30(31-20-23-40-39-16-9-10-18-43(39)48(3,4)44(40)27-31)21-25-45(42)49(46)32-22-24-38-36-14-6-5-12-34(36)35-13-7-8-15-37(35)41(38)28-32/h5-28H,1H2,2-4H3. The number of rotatable bonds is 3. The van der Waals surface area contributed by atoms with Crippen molar-refractivity contribution in [2.45, 2.75) is 26.2 Å². The number of aromatic nitrogens is 1. The molecule has 0 aliphatic heterocycles. The molecular weight excluding hydrogens is 591 g/mol. The number of hydrogen-bond acceptors (Lipinski definition) is 0. The van der Waals surface area contributed by atoms with Crippen LogP contribution in [0.2, 0.25) is 0 Å². The van der Waals surface area contributed by atoms with Crippen LogP contribution in [-0.4, -0.2) is 4.57 Å². The zero-order valence-corrected chi connectivity index (χ0v) is 28.0. The van der Waals surface area contributed by atoms with E-state index in [9.17, 15) is 0 Å². The highest BCUT2D eigenvalue weighted by Crippen LogP contribution is 2.50. The monoisotopic (exact) mass is 625 g/mol. The van der Waals surface area contributed by atoms with Gasteiger partial charge >= 0.3 is 0 Å². The molecule has 1 aromatic heterocycles. The van der Waals surface area contributed by atoms with Crippen LogP contribution in [0.25, 0.3) is 87.6 Å². The fourth-order valence-corrected chi connectivity index (χ4v) is 8.80. The summed E-state index contributed by atoms with van der Waals surface area (Å²) in [6.07, 6.45) is 0. The van der Waals surface area contributed by atoms with Crippen molar-refractivity contribution in [3.05, 3.63) is 169 Å². The molecular formula is C48H35N. The molecule has 0 spiro atoms. The van der Waals surface area contributed by atoms with Crippen molar-refractivity contribution >= 4 is 59.7 Å². The van der Waals surface area contributed by atoms with Gasteiger partial charge in [0.1, 0.15) is 0 Å². The predicted molar refractivity (Wildman–Crippen MR) is 211 cm³/mol. The Bertz CT molecular complexity index is 2840. The Morgan fingerprint density at radius 3 is 1.84 bits per heavy atom. The Kier molecular flexibility index (Phi) is 5.77. The van der Waals surface area contributed by atoms with Gasteiger partial charge in [-0.15, -0.1) is 0 Å². The van der Waals surface area contributed by atoms with E-state index < -0.39 is 0 Å². The summed E-state index contributed by atoms with van der Waals surface area (Å²) in [6, 6.07) is 54.2. The molecule has 49 heavy (non-hydrogen) atoms. The molecule has 0 amide bonds. The van der Waals surface area contributed by atoms with E-state index in [1.54, 1.807) is 0 Å². The van der Waals surface area contributed by atoms with Crippen molar-refractivity contribution in [2.24, 2.45) is 0 Å². The molecule has 0 saturated carbocycles. The zero-order chi connectivity index (χ0) is 33.0. The van der Waals surface area contributed by atoms with Gasteiger partial charge in [-0.05, 0) is 115 Å². The quantitative estimate of drug-likeness (QED) is 0.172. The van der Waals surface area contributed by atoms with Gasteiger partial charge < -0.3 is 4.57 Å². The van der Waals surface area contributed by atoms with Crippen molar-refractivity contribution in [1.82, 2.24) is 4.57 Å². The zero-order valence-electron chi connectivity index (χ0n) is 28.0. The van der Waals surface area contributed by atoms with E-state index >= 15 is 0 Å². The summed E-state index contributed by atoms with van der Waals surface area (Å²) >= 11 is 0. The molecule has 8 aromatic carbocycles. The summed E-state index contributed by atoms with van der Waals surface area (Å²) in [5.41, 5.74) is 13.8. The average Bonchev–Trinajstić information content (AvgIpc) is 3.59. The molecule has 1 nitrogen and oxygen atoms in total. The molecule has 1 heterocycles. The molecule has 0 atom stereocenters. The summed E-state index contributed by atoms with van der Waals surface area (Å²) in [5, 5.41) is 10.2. The molecule has 0 bridgehead atoms. The highest BCUT2D eigenvalue weighted by Gasteiger charge is 2.35. The molecule has 0 unspecified atom stereocenters. The van der Waals surface area contributed by atoms with Crippen LogP contribution in [0.15, 0.2) is 152 Å². The lowest BCUT2D eigenvalue weighted by atomic mass is 9.81. The minimum Gasteiger partial charge on any atom is -0.309 e. The second-order valence-corrected chi connectivity index (χ2v) is 14.3. The highest BCUT2D eigenvalue weighted by molar-refractivity contribution is 6.25. The van der Waals surface area contributed by atoms with Gasteiger partial charge in [-0.25, -0.2) is 0 Å². The van der Waals surface area contributed by atoms with Gasteiger partial charge in [0.15, 0.2) is 0 Å². The summed E-state index contributed by atoms with van der Waals surface area (Å²) in [7, 11) is 0. The Labute approximate surface area is 286 Å². The summed E-state index contributed by atoms with van der Waals surface area (Å²) in [6.45, 7) is 11.2. The lowest BCUT2D eigenvalue weighted by Gasteiger charge is -2.22. The van der Waals surface area contributed by atoms with E-state index in [4.69, 9.17) is 0 Å². The Morgan fingerprint density at radius 1 is 0.490 bits per heavy atom. The van der Waals surface area contributed by atoms with Crippen LogP contribution in [0.3, 0.4) is 0 Å². The minimum absolute atomic E-state index is 0.0409. The van der Waals surface area contributed by atoms with Crippen molar-refractivity contribution < 1.29 is 0 Å². The molecule has 1 aliphatic carbocycles. The van der Waals surface area contributed by atoms with E-state index in [1.165, 1.54) is 93.1 Å². The van der Waals surface area contributed by atoms with Gasteiger partial charge in [0.05, 0.1) is 11.0 Å². The SMILES string of the molecule is C=C(C)c1cccc2c1c1cc(-c3ccc4c(c3)C(C)(C)c3ccccc3-4)ccc1n2-c1ccc2c3ccccc3c3ccccc3c2c1. The first-order valence-electron chi connectivity index (χ1n) is 17.2. The maximum absolute atomic E-state index is 4.41. The molecule has 9 aromatic rings. The third-order valence-corrected chi connectivity index (χ3v) is 11.2. The molecule has 0 radical (unpaired) electrons. The Balaban J connectivity index is 1.23.